The molecule has 1 heterocycles. The number of anilines is 1. The number of nitrogens with zero attached hydrogens (tertiary/aromatic N) is 2. The van der Waals surface area contributed by atoms with Gasteiger partial charge in [0.1, 0.15) is 6.04 Å². The monoisotopic (exact) mass is 373 g/mol. The summed E-state index contributed by atoms with van der Waals surface area (Å²) in [5.74, 6) is 0.391. The molecule has 0 aliphatic carbocycles. The minimum atomic E-state index is -0.342. The van der Waals surface area contributed by atoms with Crippen LogP contribution in [0.1, 0.15) is 70.9 Å². The summed E-state index contributed by atoms with van der Waals surface area (Å²) in [6, 6.07) is 5.75. The summed E-state index contributed by atoms with van der Waals surface area (Å²) in [7, 11) is 0. The van der Waals surface area contributed by atoms with Crippen LogP contribution in [0.3, 0.4) is 0 Å². The summed E-state index contributed by atoms with van der Waals surface area (Å²) in [6.07, 6.45) is 3.57. The third kappa shape index (κ3) is 4.82. The first-order valence-electron chi connectivity index (χ1n) is 10.4. The number of hydrogen-bond acceptors (Lipinski definition) is 2. The number of para-hydroxylation sites is 1. The predicted molar refractivity (Wildman–Crippen MR) is 111 cm³/mol. The number of nitrogens with one attached hydrogen (secondary N) is 1. The van der Waals surface area contributed by atoms with E-state index in [0.29, 0.717) is 25.6 Å². The van der Waals surface area contributed by atoms with E-state index in [1.165, 1.54) is 5.56 Å². The third-order valence-corrected chi connectivity index (χ3v) is 5.43. The van der Waals surface area contributed by atoms with Crippen molar-refractivity contribution < 1.29 is 9.59 Å². The standard InChI is InChI=1S/C22H35N3O2/c1-6-11-17-12-9-13-18(16(4)5)20(17)23-22(27)25-15-10-14-19(25)21(26)24(7-2)8-3/h9,12-13,16,19H,6-8,10-11,14-15H2,1-5H3,(H,23,27). The van der Waals surface area contributed by atoms with E-state index in [1.54, 1.807) is 4.90 Å². The predicted octanol–water partition coefficient (Wildman–Crippen LogP) is 4.63. The minimum Gasteiger partial charge on any atom is -0.341 e. The number of benzene rings is 1. The molecule has 5 heteroatoms. The number of carbonyl (C=O) groups is 2. The molecule has 5 nitrogen and oxygen atoms in total. The van der Waals surface area contributed by atoms with E-state index >= 15 is 0 Å². The maximum atomic E-state index is 13.1. The molecule has 3 amide bonds. The van der Waals surface area contributed by atoms with Gasteiger partial charge in [-0.05, 0) is 50.2 Å². The molecular formula is C22H35N3O2. The molecule has 1 aliphatic heterocycles. The van der Waals surface area contributed by atoms with Crippen molar-refractivity contribution in [2.24, 2.45) is 0 Å². The van der Waals surface area contributed by atoms with Crippen LogP contribution in [0.5, 0.6) is 0 Å². The molecule has 1 saturated heterocycles. The Bertz CT molecular complexity index is 653. The van der Waals surface area contributed by atoms with Crippen molar-refractivity contribution in [3.63, 3.8) is 0 Å². The Morgan fingerprint density at radius 1 is 1.22 bits per heavy atom. The van der Waals surface area contributed by atoms with Gasteiger partial charge in [0.15, 0.2) is 0 Å². The van der Waals surface area contributed by atoms with Crippen LogP contribution in [-0.2, 0) is 11.2 Å². The second-order valence-corrected chi connectivity index (χ2v) is 7.58. The average Bonchev–Trinajstić information content (AvgIpc) is 3.13. The van der Waals surface area contributed by atoms with Crippen molar-refractivity contribution >= 4 is 17.6 Å². The van der Waals surface area contributed by atoms with Gasteiger partial charge in [0.2, 0.25) is 5.91 Å². The van der Waals surface area contributed by atoms with Gasteiger partial charge in [-0.25, -0.2) is 4.79 Å². The van der Waals surface area contributed by atoms with Gasteiger partial charge in [-0.2, -0.15) is 0 Å². The molecule has 27 heavy (non-hydrogen) atoms. The molecule has 1 N–H and O–H groups in total. The van der Waals surface area contributed by atoms with Crippen LogP contribution in [0.15, 0.2) is 18.2 Å². The van der Waals surface area contributed by atoms with Crippen molar-refractivity contribution in [1.82, 2.24) is 9.80 Å². The molecule has 1 aromatic carbocycles. The van der Waals surface area contributed by atoms with Crippen LogP contribution < -0.4 is 5.32 Å². The third-order valence-electron chi connectivity index (χ3n) is 5.43. The zero-order chi connectivity index (χ0) is 20.0. The van der Waals surface area contributed by atoms with Gasteiger partial charge in [0, 0.05) is 25.3 Å². The second kappa shape index (κ2) is 9.77. The molecule has 0 aromatic heterocycles. The number of hydrogen-bond donors (Lipinski definition) is 1. The smallest absolute Gasteiger partial charge is 0.322 e. The molecule has 1 fully saturated rings. The maximum Gasteiger partial charge on any atom is 0.322 e. The van der Waals surface area contributed by atoms with Gasteiger partial charge in [-0.1, -0.05) is 45.4 Å². The normalized spacial score (nSPS) is 16.7. The highest BCUT2D eigenvalue weighted by atomic mass is 16.2. The molecule has 150 valence electrons. The second-order valence-electron chi connectivity index (χ2n) is 7.58. The van der Waals surface area contributed by atoms with E-state index < -0.39 is 0 Å². The number of likely N-dealkylation sites (N-methyl/N-ethyl adjacent to an activating group) is 1. The van der Waals surface area contributed by atoms with E-state index in [0.717, 1.165) is 36.9 Å². The summed E-state index contributed by atoms with van der Waals surface area (Å²) < 4.78 is 0. The van der Waals surface area contributed by atoms with E-state index in [-0.39, 0.29) is 18.0 Å². The van der Waals surface area contributed by atoms with Crippen molar-refractivity contribution in [3.05, 3.63) is 29.3 Å². The Hall–Kier alpha value is -2.04. The molecular weight excluding hydrogens is 338 g/mol. The minimum absolute atomic E-state index is 0.0681. The molecule has 1 unspecified atom stereocenters. The fourth-order valence-corrected chi connectivity index (χ4v) is 3.92. The number of likely N-dealkylation sites (tertiary alicyclic amines) is 1. The highest BCUT2D eigenvalue weighted by molar-refractivity contribution is 5.95. The van der Waals surface area contributed by atoms with Crippen molar-refractivity contribution in [2.45, 2.75) is 72.3 Å². The zero-order valence-corrected chi connectivity index (χ0v) is 17.5. The van der Waals surface area contributed by atoms with Gasteiger partial charge >= 0.3 is 6.03 Å². The van der Waals surface area contributed by atoms with Gasteiger partial charge in [-0.15, -0.1) is 0 Å². The molecule has 1 atom stereocenters. The lowest BCUT2D eigenvalue weighted by Crippen LogP contribution is -2.49. The highest BCUT2D eigenvalue weighted by Crippen LogP contribution is 2.30. The summed E-state index contributed by atoms with van der Waals surface area (Å²) >= 11 is 0. The summed E-state index contributed by atoms with van der Waals surface area (Å²) in [6.45, 7) is 12.4. The number of aryl methyl sites for hydroxylation is 1. The molecule has 0 spiro atoms. The van der Waals surface area contributed by atoms with E-state index in [9.17, 15) is 9.59 Å². The summed E-state index contributed by atoms with van der Waals surface area (Å²) in [5, 5.41) is 3.16. The van der Waals surface area contributed by atoms with Gasteiger partial charge in [0.05, 0.1) is 0 Å². The Morgan fingerprint density at radius 2 is 1.93 bits per heavy atom. The van der Waals surface area contributed by atoms with Gasteiger partial charge < -0.3 is 15.1 Å². The lowest BCUT2D eigenvalue weighted by Gasteiger charge is -2.30. The lowest BCUT2D eigenvalue weighted by molar-refractivity contribution is -0.134. The Kier molecular flexibility index (Phi) is 7.69. The Labute approximate surface area is 164 Å². The lowest BCUT2D eigenvalue weighted by atomic mass is 9.96. The molecule has 2 rings (SSSR count). The van der Waals surface area contributed by atoms with E-state index in [4.69, 9.17) is 0 Å². The molecule has 1 aliphatic rings. The van der Waals surface area contributed by atoms with Gasteiger partial charge in [-0.3, -0.25) is 4.79 Å². The van der Waals surface area contributed by atoms with Crippen molar-refractivity contribution in [2.75, 3.05) is 25.0 Å². The van der Waals surface area contributed by atoms with Crippen LogP contribution in [0.4, 0.5) is 10.5 Å². The maximum absolute atomic E-state index is 13.1. The molecule has 0 bridgehead atoms. The highest BCUT2D eigenvalue weighted by Gasteiger charge is 2.36. The fraction of sp³-hybridized carbons (Fsp3) is 0.636. The molecule has 1 aromatic rings. The number of amides is 3. The van der Waals surface area contributed by atoms with Gasteiger partial charge in [0.25, 0.3) is 0 Å². The number of carbonyl (C=O) groups excluding carboxylic acids is 2. The topological polar surface area (TPSA) is 52.7 Å². The first kappa shape index (κ1) is 21.3. The van der Waals surface area contributed by atoms with Crippen LogP contribution in [0.25, 0.3) is 0 Å². The quantitative estimate of drug-likeness (QED) is 0.758. The fourth-order valence-electron chi connectivity index (χ4n) is 3.92. The average molecular weight is 374 g/mol. The molecule has 0 saturated carbocycles. The van der Waals surface area contributed by atoms with Crippen LogP contribution in [0, 0.1) is 0 Å². The first-order chi connectivity index (χ1) is 12.9. The number of urea groups is 1. The largest absolute Gasteiger partial charge is 0.341 e. The summed E-state index contributed by atoms with van der Waals surface area (Å²) in [5.41, 5.74) is 3.25. The van der Waals surface area contributed by atoms with Crippen LogP contribution in [-0.4, -0.2) is 47.4 Å². The van der Waals surface area contributed by atoms with Crippen molar-refractivity contribution in [1.29, 1.82) is 0 Å². The molecule has 0 radical (unpaired) electrons. The van der Waals surface area contributed by atoms with Crippen LogP contribution in [0.2, 0.25) is 0 Å². The Morgan fingerprint density at radius 3 is 2.52 bits per heavy atom. The SMILES string of the molecule is CCCc1cccc(C(C)C)c1NC(=O)N1CCCC1C(=O)N(CC)CC. The Balaban J connectivity index is 2.24. The van der Waals surface area contributed by atoms with E-state index in [2.05, 4.69) is 44.3 Å². The first-order valence-corrected chi connectivity index (χ1v) is 10.4. The zero-order valence-electron chi connectivity index (χ0n) is 17.5. The van der Waals surface area contributed by atoms with Crippen molar-refractivity contribution in [3.8, 4) is 0 Å². The van der Waals surface area contributed by atoms with Crippen LogP contribution >= 0.6 is 0 Å². The number of rotatable bonds is 7. The van der Waals surface area contributed by atoms with E-state index in [1.807, 2.05) is 18.7 Å². The summed E-state index contributed by atoms with van der Waals surface area (Å²) in [4.78, 5) is 29.5.